The van der Waals surface area contributed by atoms with Gasteiger partial charge < -0.3 is 19.1 Å². The number of ketones is 1. The number of esters is 1. The van der Waals surface area contributed by atoms with Gasteiger partial charge in [-0.15, -0.1) is 0 Å². The van der Waals surface area contributed by atoms with Crippen molar-refractivity contribution in [2.45, 2.75) is 46.1 Å². The van der Waals surface area contributed by atoms with E-state index in [9.17, 15) is 14.4 Å². The Morgan fingerprint density at radius 3 is 2.46 bits per heavy atom. The molecule has 1 amide bonds. The zero-order valence-corrected chi connectivity index (χ0v) is 20.5. The molecule has 2 atom stereocenters. The minimum atomic E-state index is -0.687. The number of ether oxygens (including phenoxy) is 3. The maximum atomic E-state index is 13.2. The van der Waals surface area contributed by atoms with Crippen LogP contribution in [0.5, 0.6) is 11.5 Å². The summed E-state index contributed by atoms with van der Waals surface area (Å²) >= 11 is 0. The molecule has 2 aromatic rings. The molecule has 7 heteroatoms. The van der Waals surface area contributed by atoms with Crippen LogP contribution in [0.15, 0.2) is 42.5 Å². The second kappa shape index (κ2) is 8.70. The maximum absolute atomic E-state index is 13.2. The number of hydrogen-bond acceptors (Lipinski definition) is 6. The highest BCUT2D eigenvalue weighted by Gasteiger charge is 2.51. The zero-order chi connectivity index (χ0) is 24.8. The molecule has 0 N–H and O–H groups in total. The van der Waals surface area contributed by atoms with E-state index in [4.69, 9.17) is 14.2 Å². The predicted octanol–water partition coefficient (Wildman–Crippen LogP) is 4.27. The molecule has 2 aliphatic heterocycles. The summed E-state index contributed by atoms with van der Waals surface area (Å²) in [5, 5.41) is 0. The quantitative estimate of drug-likeness (QED) is 0.473. The Balaban J connectivity index is 1.28. The van der Waals surface area contributed by atoms with E-state index >= 15 is 0 Å². The van der Waals surface area contributed by atoms with Crippen molar-refractivity contribution >= 4 is 17.7 Å². The van der Waals surface area contributed by atoms with E-state index in [1.165, 1.54) is 0 Å². The molecule has 7 nitrogen and oxygen atoms in total. The van der Waals surface area contributed by atoms with Crippen molar-refractivity contribution in [1.82, 2.24) is 4.90 Å². The average Bonchev–Trinajstić information content (AvgIpc) is 3.10. The van der Waals surface area contributed by atoms with Crippen molar-refractivity contribution in [1.29, 1.82) is 0 Å². The van der Waals surface area contributed by atoms with Crippen LogP contribution in [-0.2, 0) is 9.53 Å². The van der Waals surface area contributed by atoms with Gasteiger partial charge in [-0.05, 0) is 54.4 Å². The van der Waals surface area contributed by atoms with Crippen LogP contribution in [0.2, 0.25) is 0 Å². The molecule has 2 bridgehead atoms. The Morgan fingerprint density at radius 2 is 1.69 bits per heavy atom. The normalized spacial score (nSPS) is 24.1. The highest BCUT2D eigenvalue weighted by Crippen LogP contribution is 2.52. The van der Waals surface area contributed by atoms with Gasteiger partial charge in [0.25, 0.3) is 5.91 Å². The first-order valence-corrected chi connectivity index (χ1v) is 12.1. The van der Waals surface area contributed by atoms with Gasteiger partial charge in [-0.25, -0.2) is 4.79 Å². The first-order valence-electron chi connectivity index (χ1n) is 12.1. The van der Waals surface area contributed by atoms with Crippen LogP contribution in [0, 0.1) is 10.8 Å². The molecule has 2 heterocycles. The number of carbonyl (C=O) groups is 3. The molecular weight excluding hydrogens is 446 g/mol. The number of carbonyl (C=O) groups excluding carboxylic acids is 3. The molecule has 1 saturated carbocycles. The summed E-state index contributed by atoms with van der Waals surface area (Å²) < 4.78 is 16.5. The number of rotatable bonds is 5. The fourth-order valence-electron chi connectivity index (χ4n) is 6.24. The van der Waals surface area contributed by atoms with Crippen LogP contribution in [-0.4, -0.2) is 55.0 Å². The average molecular weight is 478 g/mol. The molecule has 3 aliphatic rings. The number of amides is 1. The van der Waals surface area contributed by atoms with Gasteiger partial charge in [-0.2, -0.15) is 0 Å². The van der Waals surface area contributed by atoms with E-state index in [-0.39, 0.29) is 46.3 Å². The van der Waals surface area contributed by atoms with E-state index in [0.717, 1.165) is 19.3 Å². The number of likely N-dealkylation sites (tertiary alicyclic amines) is 1. The summed E-state index contributed by atoms with van der Waals surface area (Å²) in [5.74, 6) is -0.110. The maximum Gasteiger partial charge on any atom is 0.339 e. The van der Waals surface area contributed by atoms with Crippen molar-refractivity contribution in [3.8, 4) is 11.5 Å². The van der Waals surface area contributed by atoms with Crippen LogP contribution in [0.4, 0.5) is 0 Å². The molecule has 2 aromatic carbocycles. The lowest BCUT2D eigenvalue weighted by atomic mass is 9.65. The summed E-state index contributed by atoms with van der Waals surface area (Å²) in [5.41, 5.74) is 1.03. The Morgan fingerprint density at radius 1 is 0.971 bits per heavy atom. The van der Waals surface area contributed by atoms with Crippen LogP contribution in [0.1, 0.15) is 66.3 Å². The number of nitrogens with zero attached hydrogens (tertiary/aromatic N) is 1. The third kappa shape index (κ3) is 4.64. The molecule has 5 rings (SSSR count). The molecule has 2 unspecified atom stereocenters. The van der Waals surface area contributed by atoms with Crippen molar-refractivity contribution in [3.63, 3.8) is 0 Å². The third-order valence-corrected chi connectivity index (χ3v) is 7.26. The highest BCUT2D eigenvalue weighted by molar-refractivity contribution is 6.14. The van der Waals surface area contributed by atoms with Gasteiger partial charge in [-0.3, -0.25) is 9.59 Å². The van der Waals surface area contributed by atoms with Crippen molar-refractivity contribution < 1.29 is 28.6 Å². The van der Waals surface area contributed by atoms with Gasteiger partial charge in [-0.1, -0.05) is 39.0 Å². The topological polar surface area (TPSA) is 82.1 Å². The minimum absolute atomic E-state index is 0.106. The first-order chi connectivity index (χ1) is 16.6. The van der Waals surface area contributed by atoms with Crippen LogP contribution in [0.25, 0.3) is 0 Å². The first kappa shape index (κ1) is 23.4. The lowest BCUT2D eigenvalue weighted by Crippen LogP contribution is -2.39. The lowest BCUT2D eigenvalue weighted by molar-refractivity contribution is -0.135. The minimum Gasteiger partial charge on any atom is -0.486 e. The van der Waals surface area contributed by atoms with Gasteiger partial charge >= 0.3 is 5.97 Å². The molecule has 0 radical (unpaired) electrons. The fraction of sp³-hybridized carbons (Fsp3) is 0.464. The molecule has 35 heavy (non-hydrogen) atoms. The molecular formula is C28H31NO6. The summed E-state index contributed by atoms with van der Waals surface area (Å²) in [6.07, 6.45) is 3.02. The van der Waals surface area contributed by atoms with E-state index in [1.54, 1.807) is 42.5 Å². The lowest BCUT2D eigenvalue weighted by Gasteiger charge is -2.39. The second-order valence-corrected chi connectivity index (χ2v) is 11.0. The SMILES string of the molecule is CC1(C)CC2CC(C)(CN2C(=O)COC(=O)c2ccccc2C(=O)c2ccc3c(c2)OCCO3)C1. The predicted molar refractivity (Wildman–Crippen MR) is 129 cm³/mol. The molecule has 0 spiro atoms. The molecule has 1 aliphatic carbocycles. The van der Waals surface area contributed by atoms with E-state index < -0.39 is 5.97 Å². The number of hydrogen-bond donors (Lipinski definition) is 0. The molecule has 1 saturated heterocycles. The number of fused-ring (bicyclic) bond motifs is 3. The third-order valence-electron chi connectivity index (χ3n) is 7.26. The standard InChI is InChI=1S/C28H31NO6/c1-27(2)13-19-14-28(3,16-27)17-29(19)24(30)15-35-26(32)21-7-5-4-6-20(21)25(31)18-8-9-22-23(12-18)34-11-10-33-22/h4-9,12,19H,10-11,13-17H2,1-3H3. The van der Waals surface area contributed by atoms with Crippen LogP contribution >= 0.6 is 0 Å². The highest BCUT2D eigenvalue weighted by atomic mass is 16.6. The fourth-order valence-corrected chi connectivity index (χ4v) is 6.24. The largest absolute Gasteiger partial charge is 0.486 e. The van der Waals surface area contributed by atoms with Gasteiger partial charge in [0, 0.05) is 23.7 Å². The van der Waals surface area contributed by atoms with E-state index in [0.29, 0.717) is 36.8 Å². The van der Waals surface area contributed by atoms with E-state index in [1.807, 2.05) is 4.90 Å². The van der Waals surface area contributed by atoms with E-state index in [2.05, 4.69) is 20.8 Å². The molecule has 0 aromatic heterocycles. The van der Waals surface area contributed by atoms with Gasteiger partial charge in [0.15, 0.2) is 23.9 Å². The van der Waals surface area contributed by atoms with Crippen molar-refractivity contribution in [2.75, 3.05) is 26.4 Å². The zero-order valence-electron chi connectivity index (χ0n) is 20.5. The smallest absolute Gasteiger partial charge is 0.339 e. The van der Waals surface area contributed by atoms with Crippen LogP contribution in [0.3, 0.4) is 0 Å². The molecule has 2 fully saturated rings. The second-order valence-electron chi connectivity index (χ2n) is 11.0. The van der Waals surface area contributed by atoms with Gasteiger partial charge in [0.2, 0.25) is 0 Å². The summed E-state index contributed by atoms with van der Waals surface area (Å²) in [6.45, 7) is 7.97. The Hall–Kier alpha value is -3.35. The summed E-state index contributed by atoms with van der Waals surface area (Å²) in [4.78, 5) is 41.1. The monoisotopic (exact) mass is 477 g/mol. The summed E-state index contributed by atoms with van der Waals surface area (Å²) in [6, 6.07) is 11.6. The van der Waals surface area contributed by atoms with Crippen molar-refractivity contribution in [3.05, 3.63) is 59.2 Å². The Bertz CT molecular complexity index is 1190. The summed E-state index contributed by atoms with van der Waals surface area (Å²) in [7, 11) is 0. The Kier molecular flexibility index (Phi) is 5.82. The number of benzene rings is 2. The Labute approximate surface area is 205 Å². The van der Waals surface area contributed by atoms with Gasteiger partial charge in [0.1, 0.15) is 13.2 Å². The molecule has 184 valence electrons. The van der Waals surface area contributed by atoms with Crippen LogP contribution < -0.4 is 9.47 Å². The van der Waals surface area contributed by atoms with Crippen molar-refractivity contribution in [2.24, 2.45) is 10.8 Å². The van der Waals surface area contributed by atoms with Gasteiger partial charge in [0.05, 0.1) is 5.56 Å².